The molecule has 1 aromatic heterocycles. The lowest BCUT2D eigenvalue weighted by Crippen LogP contribution is -2.56. The summed E-state index contributed by atoms with van der Waals surface area (Å²) in [5.74, 6) is -0.0382. The second-order valence-electron chi connectivity index (χ2n) is 6.60. The first-order chi connectivity index (χ1) is 11.5. The zero-order valence-corrected chi connectivity index (χ0v) is 16.1. The Kier molecular flexibility index (Phi) is 6.57. The van der Waals surface area contributed by atoms with E-state index in [4.69, 9.17) is 10.5 Å². The van der Waals surface area contributed by atoms with Crippen LogP contribution in [0, 0.1) is 0 Å². The SMILES string of the molecule is CC1(C)COC(c2ccccc2)CN1C(=O)c1csc(CCN)n1.Cl. The highest BCUT2D eigenvalue weighted by Gasteiger charge is 2.39. The summed E-state index contributed by atoms with van der Waals surface area (Å²) in [5.41, 5.74) is 6.80. The molecule has 1 unspecified atom stereocenters. The van der Waals surface area contributed by atoms with Gasteiger partial charge in [0.15, 0.2) is 0 Å². The summed E-state index contributed by atoms with van der Waals surface area (Å²) in [6.07, 6.45) is 0.599. The van der Waals surface area contributed by atoms with Gasteiger partial charge in [-0.2, -0.15) is 0 Å². The van der Waals surface area contributed by atoms with Crippen molar-refractivity contribution in [1.82, 2.24) is 9.88 Å². The Morgan fingerprint density at radius 2 is 2.12 bits per heavy atom. The molecule has 1 aromatic carbocycles. The van der Waals surface area contributed by atoms with Gasteiger partial charge in [-0.15, -0.1) is 23.7 Å². The zero-order valence-electron chi connectivity index (χ0n) is 14.5. The van der Waals surface area contributed by atoms with E-state index in [1.807, 2.05) is 54.5 Å². The van der Waals surface area contributed by atoms with Crippen molar-refractivity contribution >= 4 is 29.7 Å². The molecule has 25 heavy (non-hydrogen) atoms. The number of hydrogen-bond donors (Lipinski definition) is 1. The summed E-state index contributed by atoms with van der Waals surface area (Å²) in [7, 11) is 0. The van der Waals surface area contributed by atoms with Gasteiger partial charge in [-0.05, 0) is 26.0 Å². The zero-order chi connectivity index (χ0) is 17.2. The van der Waals surface area contributed by atoms with E-state index in [1.165, 1.54) is 11.3 Å². The number of benzene rings is 1. The maximum absolute atomic E-state index is 13.0. The highest BCUT2D eigenvalue weighted by atomic mass is 35.5. The predicted octanol–water partition coefficient (Wildman–Crippen LogP) is 3.06. The van der Waals surface area contributed by atoms with Crippen LogP contribution in [0.25, 0.3) is 0 Å². The maximum Gasteiger partial charge on any atom is 0.273 e. The average Bonchev–Trinajstić information content (AvgIpc) is 3.04. The van der Waals surface area contributed by atoms with E-state index in [9.17, 15) is 4.79 Å². The van der Waals surface area contributed by atoms with Gasteiger partial charge in [0.25, 0.3) is 5.91 Å². The van der Waals surface area contributed by atoms with Crippen molar-refractivity contribution < 1.29 is 9.53 Å². The summed E-state index contributed by atoms with van der Waals surface area (Å²) < 4.78 is 6.01. The largest absolute Gasteiger partial charge is 0.369 e. The minimum atomic E-state index is -0.361. The third-order valence-electron chi connectivity index (χ3n) is 4.26. The number of nitrogens with zero attached hydrogens (tertiary/aromatic N) is 2. The van der Waals surface area contributed by atoms with E-state index in [0.29, 0.717) is 31.8 Å². The number of halogens is 1. The predicted molar refractivity (Wildman–Crippen MR) is 102 cm³/mol. The molecule has 1 fully saturated rings. The van der Waals surface area contributed by atoms with Crippen molar-refractivity contribution in [2.75, 3.05) is 19.7 Å². The first-order valence-electron chi connectivity index (χ1n) is 8.14. The Labute approximate surface area is 158 Å². The van der Waals surface area contributed by atoms with E-state index in [1.54, 1.807) is 0 Å². The maximum atomic E-state index is 13.0. The molecular weight excluding hydrogens is 358 g/mol. The van der Waals surface area contributed by atoms with Crippen molar-refractivity contribution in [2.24, 2.45) is 5.73 Å². The minimum absolute atomic E-state index is 0. The summed E-state index contributed by atoms with van der Waals surface area (Å²) in [6, 6.07) is 10.0. The molecular formula is C18H24ClN3O2S. The number of carbonyl (C=O) groups is 1. The van der Waals surface area contributed by atoms with Gasteiger partial charge in [0, 0.05) is 11.8 Å². The molecule has 0 radical (unpaired) electrons. The van der Waals surface area contributed by atoms with Crippen LogP contribution >= 0.6 is 23.7 Å². The minimum Gasteiger partial charge on any atom is -0.369 e. The van der Waals surface area contributed by atoms with Crippen LogP contribution in [0.4, 0.5) is 0 Å². The fourth-order valence-corrected chi connectivity index (χ4v) is 3.65. The molecule has 1 aliphatic heterocycles. The monoisotopic (exact) mass is 381 g/mol. The van der Waals surface area contributed by atoms with Crippen LogP contribution < -0.4 is 5.73 Å². The van der Waals surface area contributed by atoms with E-state index < -0.39 is 0 Å². The van der Waals surface area contributed by atoms with Gasteiger partial charge in [0.2, 0.25) is 0 Å². The highest BCUT2D eigenvalue weighted by molar-refractivity contribution is 7.09. The van der Waals surface area contributed by atoms with E-state index in [2.05, 4.69) is 4.98 Å². The van der Waals surface area contributed by atoms with Gasteiger partial charge in [-0.1, -0.05) is 30.3 Å². The quantitative estimate of drug-likeness (QED) is 0.883. The van der Waals surface area contributed by atoms with Crippen LogP contribution in [0.2, 0.25) is 0 Å². The second kappa shape index (κ2) is 8.27. The highest BCUT2D eigenvalue weighted by Crippen LogP contribution is 2.31. The molecule has 5 nitrogen and oxygen atoms in total. The third kappa shape index (κ3) is 4.39. The molecule has 1 amide bonds. The molecule has 0 spiro atoms. The van der Waals surface area contributed by atoms with E-state index in [-0.39, 0.29) is 30.0 Å². The molecule has 1 saturated heterocycles. The Balaban J connectivity index is 0.00000225. The van der Waals surface area contributed by atoms with Crippen molar-refractivity contribution in [3.05, 3.63) is 52.0 Å². The van der Waals surface area contributed by atoms with Gasteiger partial charge in [0.1, 0.15) is 11.8 Å². The van der Waals surface area contributed by atoms with Crippen molar-refractivity contribution in [2.45, 2.75) is 31.9 Å². The number of morpholine rings is 1. The molecule has 0 bridgehead atoms. The number of ether oxygens (including phenoxy) is 1. The number of rotatable bonds is 4. The summed E-state index contributed by atoms with van der Waals surface area (Å²) in [6.45, 7) is 5.62. The number of aromatic nitrogens is 1. The van der Waals surface area contributed by atoms with Crippen molar-refractivity contribution in [3.63, 3.8) is 0 Å². The molecule has 1 aliphatic rings. The van der Waals surface area contributed by atoms with Gasteiger partial charge in [0.05, 0.1) is 23.7 Å². The van der Waals surface area contributed by atoms with Crippen LogP contribution in [0.5, 0.6) is 0 Å². The fourth-order valence-electron chi connectivity index (χ4n) is 2.86. The van der Waals surface area contributed by atoms with Gasteiger partial charge in [-0.25, -0.2) is 4.98 Å². The first kappa shape index (κ1) is 19.8. The summed E-state index contributed by atoms with van der Waals surface area (Å²) >= 11 is 1.49. The normalized spacial score (nSPS) is 19.3. The lowest BCUT2D eigenvalue weighted by atomic mass is 9.97. The van der Waals surface area contributed by atoms with Crippen LogP contribution in [0.1, 0.15) is 41.0 Å². The third-order valence-corrected chi connectivity index (χ3v) is 5.17. The van der Waals surface area contributed by atoms with Gasteiger partial charge >= 0.3 is 0 Å². The lowest BCUT2D eigenvalue weighted by Gasteiger charge is -2.45. The molecule has 2 N–H and O–H groups in total. The molecule has 7 heteroatoms. The van der Waals surface area contributed by atoms with Crippen LogP contribution in [-0.4, -0.2) is 41.0 Å². The number of nitrogens with two attached hydrogens (primary N) is 1. The Bertz CT molecular complexity index is 705. The summed E-state index contributed by atoms with van der Waals surface area (Å²) in [5, 5.41) is 2.74. The molecule has 1 atom stereocenters. The number of hydrogen-bond acceptors (Lipinski definition) is 5. The molecule has 2 heterocycles. The lowest BCUT2D eigenvalue weighted by molar-refractivity contribution is -0.0848. The molecule has 2 aromatic rings. The number of carbonyl (C=O) groups excluding carboxylic acids is 1. The first-order valence-corrected chi connectivity index (χ1v) is 9.02. The summed E-state index contributed by atoms with van der Waals surface area (Å²) in [4.78, 5) is 19.3. The molecule has 136 valence electrons. The molecule has 3 rings (SSSR count). The molecule has 0 saturated carbocycles. The van der Waals surface area contributed by atoms with E-state index in [0.717, 1.165) is 10.6 Å². The Morgan fingerprint density at radius 3 is 2.80 bits per heavy atom. The van der Waals surface area contributed by atoms with Crippen LogP contribution in [-0.2, 0) is 11.2 Å². The van der Waals surface area contributed by atoms with E-state index >= 15 is 0 Å². The van der Waals surface area contributed by atoms with Crippen LogP contribution in [0.15, 0.2) is 35.7 Å². The fraction of sp³-hybridized carbons (Fsp3) is 0.444. The Hall–Kier alpha value is -1.47. The standard InChI is InChI=1S/C18H23N3O2S.ClH/c1-18(2)12-23-15(13-6-4-3-5-7-13)10-21(18)17(22)14-11-24-16(20-14)8-9-19;/h3-7,11,15H,8-10,12,19H2,1-2H3;1H. The molecule has 0 aliphatic carbocycles. The topological polar surface area (TPSA) is 68.5 Å². The average molecular weight is 382 g/mol. The smallest absolute Gasteiger partial charge is 0.273 e. The Morgan fingerprint density at radius 1 is 1.40 bits per heavy atom. The number of thiazole rings is 1. The van der Waals surface area contributed by atoms with Gasteiger partial charge < -0.3 is 15.4 Å². The van der Waals surface area contributed by atoms with Gasteiger partial charge in [-0.3, -0.25) is 4.79 Å². The second-order valence-corrected chi connectivity index (χ2v) is 7.55. The van der Waals surface area contributed by atoms with Crippen molar-refractivity contribution in [1.29, 1.82) is 0 Å². The van der Waals surface area contributed by atoms with Crippen LogP contribution in [0.3, 0.4) is 0 Å². The number of amides is 1. The van der Waals surface area contributed by atoms with Crippen molar-refractivity contribution in [3.8, 4) is 0 Å².